The second kappa shape index (κ2) is 6.84. The van der Waals surface area contributed by atoms with E-state index in [2.05, 4.69) is 17.6 Å². The van der Waals surface area contributed by atoms with Crippen LogP contribution in [0.5, 0.6) is 0 Å². The number of carbonyl (C=O) groups is 2. The number of benzene rings is 1. The van der Waals surface area contributed by atoms with Gasteiger partial charge in [0.2, 0.25) is 0 Å². The molecule has 4 saturated carbocycles. The Morgan fingerprint density at radius 1 is 0.963 bits per heavy atom. The fourth-order valence-electron chi connectivity index (χ4n) is 6.15. The zero-order valence-corrected chi connectivity index (χ0v) is 16.6. The van der Waals surface area contributed by atoms with E-state index in [1.807, 2.05) is 43.3 Å². The number of hydrogen-bond donors (Lipinski definition) is 2. The molecule has 4 bridgehead atoms. The van der Waals surface area contributed by atoms with E-state index in [0.29, 0.717) is 5.69 Å². The molecule has 0 spiro atoms. The molecule has 5 heteroatoms. The lowest BCUT2D eigenvalue weighted by molar-refractivity contribution is -0.138. The van der Waals surface area contributed by atoms with Crippen LogP contribution in [0.15, 0.2) is 24.3 Å². The van der Waals surface area contributed by atoms with E-state index in [9.17, 15) is 9.59 Å². The van der Waals surface area contributed by atoms with E-state index in [4.69, 9.17) is 0 Å². The van der Waals surface area contributed by atoms with Crippen LogP contribution in [0.25, 0.3) is 0 Å². The number of nitrogens with one attached hydrogen (secondary N) is 2. The highest BCUT2D eigenvalue weighted by Crippen LogP contribution is 2.61. The molecule has 0 aliphatic heterocycles. The molecule has 1 unspecified atom stereocenters. The normalized spacial score (nSPS) is 32.0. The molecule has 1 atom stereocenters. The topological polar surface area (TPSA) is 61.4 Å². The van der Waals surface area contributed by atoms with Crippen LogP contribution in [0, 0.1) is 23.2 Å². The maximum atomic E-state index is 12.5. The summed E-state index contributed by atoms with van der Waals surface area (Å²) in [5.41, 5.74) is 1.90. The second-order valence-electron chi connectivity index (χ2n) is 9.37. The maximum absolute atomic E-state index is 12.5. The van der Waals surface area contributed by atoms with Crippen molar-refractivity contribution in [3.05, 3.63) is 24.3 Å². The Balaban J connectivity index is 1.36. The Kier molecular flexibility index (Phi) is 4.65. The summed E-state index contributed by atoms with van der Waals surface area (Å²) in [4.78, 5) is 26.8. The minimum absolute atomic E-state index is 0.0558. The van der Waals surface area contributed by atoms with Gasteiger partial charge >= 0.3 is 11.8 Å². The van der Waals surface area contributed by atoms with Crippen LogP contribution in [0.4, 0.5) is 11.4 Å². The standard InChI is InChI=1S/C22H31N3O2/c1-14(22-11-15-8-16(12-22)10-17(9-15)13-22)23-20(26)21(27)24-18-4-6-19(7-5-18)25(2)3/h4-7,14-17H,8-13H2,1-3H3,(H,23,26)(H,24,27). The molecule has 0 saturated heterocycles. The molecule has 0 heterocycles. The molecule has 0 aromatic heterocycles. The lowest BCUT2D eigenvalue weighted by atomic mass is 9.48. The molecule has 4 fully saturated rings. The second-order valence-corrected chi connectivity index (χ2v) is 9.37. The van der Waals surface area contributed by atoms with Crippen LogP contribution in [-0.4, -0.2) is 32.0 Å². The number of carbonyl (C=O) groups excluding carboxylic acids is 2. The average Bonchev–Trinajstić information content (AvgIpc) is 2.60. The van der Waals surface area contributed by atoms with Gasteiger partial charge in [0, 0.05) is 31.5 Å². The average molecular weight is 370 g/mol. The van der Waals surface area contributed by atoms with E-state index < -0.39 is 11.8 Å². The lowest BCUT2D eigenvalue weighted by Crippen LogP contribution is -2.57. The molecular weight excluding hydrogens is 338 g/mol. The SMILES string of the molecule is CC(NC(=O)C(=O)Nc1ccc(N(C)C)cc1)C12CC3CC(CC(C3)C1)C2. The first-order valence-corrected chi connectivity index (χ1v) is 10.2. The van der Waals surface area contributed by atoms with Gasteiger partial charge in [-0.15, -0.1) is 0 Å². The summed E-state index contributed by atoms with van der Waals surface area (Å²) in [6.07, 6.45) is 7.78. The highest BCUT2D eigenvalue weighted by molar-refractivity contribution is 6.39. The highest BCUT2D eigenvalue weighted by Gasteiger charge is 2.53. The van der Waals surface area contributed by atoms with Gasteiger partial charge in [-0.25, -0.2) is 0 Å². The summed E-state index contributed by atoms with van der Waals surface area (Å²) in [6.45, 7) is 2.10. The van der Waals surface area contributed by atoms with Crippen molar-refractivity contribution in [1.29, 1.82) is 0 Å². The summed E-state index contributed by atoms with van der Waals surface area (Å²) in [6, 6.07) is 7.55. The smallest absolute Gasteiger partial charge is 0.313 e. The third-order valence-corrected chi connectivity index (χ3v) is 7.20. The lowest BCUT2D eigenvalue weighted by Gasteiger charge is -2.59. The molecule has 2 N–H and O–H groups in total. The van der Waals surface area contributed by atoms with Crippen LogP contribution < -0.4 is 15.5 Å². The zero-order valence-electron chi connectivity index (χ0n) is 16.6. The van der Waals surface area contributed by atoms with Crippen LogP contribution in [-0.2, 0) is 9.59 Å². The van der Waals surface area contributed by atoms with Gasteiger partial charge in [-0.1, -0.05) is 0 Å². The van der Waals surface area contributed by atoms with Gasteiger partial charge in [-0.2, -0.15) is 0 Å². The van der Waals surface area contributed by atoms with Crippen molar-refractivity contribution < 1.29 is 9.59 Å². The minimum atomic E-state index is -0.579. The van der Waals surface area contributed by atoms with E-state index in [-0.39, 0.29) is 11.5 Å². The first-order valence-electron chi connectivity index (χ1n) is 10.2. The van der Waals surface area contributed by atoms with Gasteiger partial charge in [0.1, 0.15) is 0 Å². The Morgan fingerprint density at radius 2 is 1.48 bits per heavy atom. The molecule has 5 nitrogen and oxygen atoms in total. The number of nitrogens with zero attached hydrogens (tertiary/aromatic N) is 1. The summed E-state index contributed by atoms with van der Waals surface area (Å²) < 4.78 is 0. The van der Waals surface area contributed by atoms with Crippen molar-refractivity contribution in [1.82, 2.24) is 5.32 Å². The number of hydrogen-bond acceptors (Lipinski definition) is 3. The third-order valence-electron chi connectivity index (χ3n) is 7.20. The van der Waals surface area contributed by atoms with Gasteiger partial charge in [-0.3, -0.25) is 9.59 Å². The molecule has 4 aliphatic rings. The first-order chi connectivity index (χ1) is 12.8. The van der Waals surface area contributed by atoms with Gasteiger partial charge < -0.3 is 15.5 Å². The van der Waals surface area contributed by atoms with Crippen molar-refractivity contribution in [3.8, 4) is 0 Å². The van der Waals surface area contributed by atoms with Crippen molar-refractivity contribution in [2.24, 2.45) is 23.2 Å². The molecule has 1 aromatic carbocycles. The van der Waals surface area contributed by atoms with Gasteiger partial charge in [0.15, 0.2) is 0 Å². The van der Waals surface area contributed by atoms with E-state index in [0.717, 1.165) is 23.4 Å². The van der Waals surface area contributed by atoms with E-state index >= 15 is 0 Å². The number of anilines is 2. The predicted molar refractivity (Wildman–Crippen MR) is 108 cm³/mol. The molecule has 2 amide bonds. The largest absolute Gasteiger partial charge is 0.378 e. The van der Waals surface area contributed by atoms with Crippen molar-refractivity contribution >= 4 is 23.2 Å². The number of rotatable bonds is 4. The minimum Gasteiger partial charge on any atom is -0.378 e. The molecule has 0 radical (unpaired) electrons. The van der Waals surface area contributed by atoms with Crippen LogP contribution in [0.1, 0.15) is 45.4 Å². The molecule has 27 heavy (non-hydrogen) atoms. The highest BCUT2D eigenvalue weighted by atomic mass is 16.2. The Hall–Kier alpha value is -2.04. The summed E-state index contributed by atoms with van der Waals surface area (Å²) in [7, 11) is 3.93. The Bertz CT molecular complexity index is 690. The van der Waals surface area contributed by atoms with E-state index in [1.54, 1.807) is 0 Å². The van der Waals surface area contributed by atoms with E-state index in [1.165, 1.54) is 38.5 Å². The predicted octanol–water partition coefficient (Wildman–Crippen LogP) is 3.41. The van der Waals surface area contributed by atoms with Crippen LogP contribution >= 0.6 is 0 Å². The van der Waals surface area contributed by atoms with Gasteiger partial charge in [0.25, 0.3) is 0 Å². The number of amides is 2. The molecule has 1 aromatic rings. The monoisotopic (exact) mass is 369 g/mol. The summed E-state index contributed by atoms with van der Waals surface area (Å²) >= 11 is 0. The Labute approximate surface area is 161 Å². The van der Waals surface area contributed by atoms with Crippen LogP contribution in [0.2, 0.25) is 0 Å². The molecule has 146 valence electrons. The fraction of sp³-hybridized carbons (Fsp3) is 0.636. The fourth-order valence-corrected chi connectivity index (χ4v) is 6.15. The summed E-state index contributed by atoms with van der Waals surface area (Å²) in [5, 5.41) is 5.74. The van der Waals surface area contributed by atoms with Crippen LogP contribution in [0.3, 0.4) is 0 Å². The first kappa shape index (κ1) is 18.3. The maximum Gasteiger partial charge on any atom is 0.313 e. The molecule has 4 aliphatic carbocycles. The van der Waals surface area contributed by atoms with Crippen molar-refractivity contribution in [2.75, 3.05) is 24.3 Å². The van der Waals surface area contributed by atoms with Crippen molar-refractivity contribution in [3.63, 3.8) is 0 Å². The van der Waals surface area contributed by atoms with Gasteiger partial charge in [0.05, 0.1) is 0 Å². The molecular formula is C22H31N3O2. The summed E-state index contributed by atoms with van der Waals surface area (Å²) in [5.74, 6) is 1.40. The third kappa shape index (κ3) is 3.56. The molecule has 5 rings (SSSR count). The van der Waals surface area contributed by atoms with Gasteiger partial charge in [-0.05, 0) is 92.9 Å². The quantitative estimate of drug-likeness (QED) is 0.800. The zero-order chi connectivity index (χ0) is 19.2. The Morgan fingerprint density at radius 3 is 1.96 bits per heavy atom. The van der Waals surface area contributed by atoms with Crippen molar-refractivity contribution in [2.45, 2.75) is 51.5 Å².